The van der Waals surface area contributed by atoms with Gasteiger partial charge in [0, 0.05) is 18.2 Å². The fourth-order valence-corrected chi connectivity index (χ4v) is 2.30. The Kier molecular flexibility index (Phi) is 3.78. The molecule has 1 fully saturated rings. The van der Waals surface area contributed by atoms with Crippen LogP contribution in [-0.2, 0) is 4.79 Å². The summed E-state index contributed by atoms with van der Waals surface area (Å²) in [4.78, 5) is 11.6. The van der Waals surface area contributed by atoms with Crippen molar-refractivity contribution in [2.24, 2.45) is 5.92 Å². The molecule has 108 valence electrons. The molecule has 0 saturated heterocycles. The molecule has 20 heavy (non-hydrogen) atoms. The first kappa shape index (κ1) is 13.2. The van der Waals surface area contributed by atoms with E-state index in [0.29, 0.717) is 18.3 Å². The van der Waals surface area contributed by atoms with Gasteiger partial charge in [-0.1, -0.05) is 0 Å². The lowest BCUT2D eigenvalue weighted by Gasteiger charge is -2.09. The largest absolute Gasteiger partial charge is 0.491 e. The molecule has 1 heterocycles. The van der Waals surface area contributed by atoms with Crippen LogP contribution in [-0.4, -0.2) is 32.7 Å². The predicted octanol–water partition coefficient (Wildman–Crippen LogP) is 1.24. The van der Waals surface area contributed by atoms with Crippen LogP contribution in [0.15, 0.2) is 18.2 Å². The second kappa shape index (κ2) is 5.71. The Morgan fingerprint density at radius 2 is 2.30 bits per heavy atom. The zero-order valence-corrected chi connectivity index (χ0v) is 11.6. The van der Waals surface area contributed by atoms with Crippen LogP contribution in [0.4, 0.5) is 0 Å². The minimum Gasteiger partial charge on any atom is -0.491 e. The number of fused-ring (bicyclic) bond motifs is 1. The van der Waals surface area contributed by atoms with Crippen molar-refractivity contribution in [3.63, 3.8) is 0 Å². The van der Waals surface area contributed by atoms with E-state index in [0.717, 1.165) is 17.9 Å². The standard InChI is InChI=1S/C15H20N2O3/c1-16-13-8-20-14-6-11(4-5-12(13)14)19-9-15(18)17-7-10-2-3-10/h4-6,10,13,16H,2-3,7-9H2,1H3,(H,17,18). The predicted molar refractivity (Wildman–Crippen MR) is 75.0 cm³/mol. The van der Waals surface area contributed by atoms with Crippen molar-refractivity contribution < 1.29 is 14.3 Å². The van der Waals surface area contributed by atoms with Crippen LogP contribution in [0, 0.1) is 5.92 Å². The number of carbonyl (C=O) groups excluding carboxylic acids is 1. The quantitative estimate of drug-likeness (QED) is 0.821. The van der Waals surface area contributed by atoms with Gasteiger partial charge in [0.25, 0.3) is 5.91 Å². The molecule has 0 radical (unpaired) electrons. The smallest absolute Gasteiger partial charge is 0.257 e. The minimum atomic E-state index is -0.0635. The highest BCUT2D eigenvalue weighted by atomic mass is 16.5. The van der Waals surface area contributed by atoms with Gasteiger partial charge >= 0.3 is 0 Å². The summed E-state index contributed by atoms with van der Waals surface area (Å²) in [7, 11) is 1.91. The normalized spacial score (nSPS) is 20.1. The van der Waals surface area contributed by atoms with E-state index < -0.39 is 0 Å². The van der Waals surface area contributed by atoms with Gasteiger partial charge in [-0.2, -0.15) is 0 Å². The third-order valence-electron chi connectivity index (χ3n) is 3.77. The van der Waals surface area contributed by atoms with Gasteiger partial charge in [-0.25, -0.2) is 0 Å². The Balaban J connectivity index is 1.51. The lowest BCUT2D eigenvalue weighted by Crippen LogP contribution is -2.30. The van der Waals surface area contributed by atoms with Crippen molar-refractivity contribution >= 4 is 5.91 Å². The van der Waals surface area contributed by atoms with Crippen LogP contribution < -0.4 is 20.1 Å². The molecule has 2 N–H and O–H groups in total. The number of nitrogens with one attached hydrogen (secondary N) is 2. The van der Waals surface area contributed by atoms with Crippen LogP contribution in [0.2, 0.25) is 0 Å². The summed E-state index contributed by atoms with van der Waals surface area (Å²) in [5, 5.41) is 6.07. The highest BCUT2D eigenvalue weighted by Gasteiger charge is 2.23. The van der Waals surface area contributed by atoms with E-state index in [1.54, 1.807) is 0 Å². The second-order valence-corrected chi connectivity index (χ2v) is 5.39. The molecule has 2 aliphatic rings. The number of hydrogen-bond acceptors (Lipinski definition) is 4. The first-order valence-corrected chi connectivity index (χ1v) is 7.10. The van der Waals surface area contributed by atoms with E-state index in [1.807, 2.05) is 25.2 Å². The van der Waals surface area contributed by atoms with E-state index >= 15 is 0 Å². The molecular formula is C15H20N2O3. The second-order valence-electron chi connectivity index (χ2n) is 5.39. The summed E-state index contributed by atoms with van der Waals surface area (Å²) in [5.74, 6) is 2.12. The summed E-state index contributed by atoms with van der Waals surface area (Å²) in [6.45, 7) is 1.47. The lowest BCUT2D eigenvalue weighted by atomic mass is 10.1. The summed E-state index contributed by atoms with van der Waals surface area (Å²) in [6.07, 6.45) is 2.46. The van der Waals surface area contributed by atoms with Crippen LogP contribution >= 0.6 is 0 Å². The molecule has 1 atom stereocenters. The number of rotatable bonds is 6. The number of benzene rings is 1. The van der Waals surface area contributed by atoms with Gasteiger partial charge in [0.05, 0.1) is 6.04 Å². The van der Waals surface area contributed by atoms with Gasteiger partial charge in [0.2, 0.25) is 0 Å². The molecule has 1 aromatic carbocycles. The van der Waals surface area contributed by atoms with Gasteiger partial charge in [-0.05, 0) is 37.9 Å². The molecule has 0 spiro atoms. The average molecular weight is 276 g/mol. The molecule has 1 saturated carbocycles. The van der Waals surface area contributed by atoms with Crippen molar-refractivity contribution in [2.75, 3.05) is 26.8 Å². The zero-order valence-electron chi connectivity index (χ0n) is 11.6. The number of carbonyl (C=O) groups is 1. The minimum absolute atomic E-state index is 0.0565. The van der Waals surface area contributed by atoms with E-state index in [2.05, 4.69) is 10.6 Å². The Labute approximate surface area is 118 Å². The summed E-state index contributed by atoms with van der Waals surface area (Å²) < 4.78 is 11.1. The van der Waals surface area contributed by atoms with Crippen LogP contribution in [0.5, 0.6) is 11.5 Å². The Morgan fingerprint density at radius 1 is 1.45 bits per heavy atom. The molecule has 1 aliphatic carbocycles. The SMILES string of the molecule is CNC1COc2cc(OCC(=O)NCC3CC3)ccc21. The molecular weight excluding hydrogens is 256 g/mol. The van der Waals surface area contributed by atoms with Gasteiger partial charge in [0.1, 0.15) is 18.1 Å². The topological polar surface area (TPSA) is 59.6 Å². The Hall–Kier alpha value is -1.75. The molecule has 1 aliphatic heterocycles. The van der Waals surface area contributed by atoms with Gasteiger partial charge in [-0.15, -0.1) is 0 Å². The molecule has 5 nitrogen and oxygen atoms in total. The highest BCUT2D eigenvalue weighted by Crippen LogP contribution is 2.34. The molecule has 3 rings (SSSR count). The first-order chi connectivity index (χ1) is 9.76. The number of amides is 1. The third-order valence-corrected chi connectivity index (χ3v) is 3.77. The highest BCUT2D eigenvalue weighted by molar-refractivity contribution is 5.77. The molecule has 0 aromatic heterocycles. The molecule has 0 bridgehead atoms. The third kappa shape index (κ3) is 3.04. The molecule has 1 aromatic rings. The summed E-state index contributed by atoms with van der Waals surface area (Å²) >= 11 is 0. The maximum Gasteiger partial charge on any atom is 0.257 e. The Morgan fingerprint density at radius 3 is 3.05 bits per heavy atom. The van der Waals surface area contributed by atoms with Crippen LogP contribution in [0.1, 0.15) is 24.4 Å². The van der Waals surface area contributed by atoms with Crippen LogP contribution in [0.25, 0.3) is 0 Å². The first-order valence-electron chi connectivity index (χ1n) is 7.10. The van der Waals surface area contributed by atoms with E-state index in [1.165, 1.54) is 12.8 Å². The van der Waals surface area contributed by atoms with Crippen molar-refractivity contribution in [1.29, 1.82) is 0 Å². The fourth-order valence-electron chi connectivity index (χ4n) is 2.30. The monoisotopic (exact) mass is 276 g/mol. The Bertz CT molecular complexity index is 500. The van der Waals surface area contributed by atoms with Crippen LogP contribution in [0.3, 0.4) is 0 Å². The maximum absolute atomic E-state index is 11.6. The molecule has 1 amide bonds. The molecule has 5 heteroatoms. The lowest BCUT2D eigenvalue weighted by molar-refractivity contribution is -0.123. The van der Waals surface area contributed by atoms with Crippen molar-refractivity contribution in [1.82, 2.24) is 10.6 Å². The summed E-state index contributed by atoms with van der Waals surface area (Å²) in [6, 6.07) is 5.95. The van der Waals surface area contributed by atoms with Crippen molar-refractivity contribution in [3.8, 4) is 11.5 Å². The number of likely N-dealkylation sites (N-methyl/N-ethyl adjacent to an activating group) is 1. The average Bonchev–Trinajstić information content (AvgIpc) is 3.21. The zero-order chi connectivity index (χ0) is 13.9. The van der Waals surface area contributed by atoms with E-state index in [9.17, 15) is 4.79 Å². The number of hydrogen-bond donors (Lipinski definition) is 2. The van der Waals surface area contributed by atoms with Gasteiger partial charge in [-0.3, -0.25) is 4.79 Å². The van der Waals surface area contributed by atoms with Gasteiger partial charge < -0.3 is 20.1 Å². The fraction of sp³-hybridized carbons (Fsp3) is 0.533. The van der Waals surface area contributed by atoms with E-state index in [-0.39, 0.29) is 18.6 Å². The van der Waals surface area contributed by atoms with Crippen molar-refractivity contribution in [3.05, 3.63) is 23.8 Å². The summed E-state index contributed by atoms with van der Waals surface area (Å²) in [5.41, 5.74) is 1.14. The molecule has 1 unspecified atom stereocenters. The van der Waals surface area contributed by atoms with Gasteiger partial charge in [0.15, 0.2) is 6.61 Å². The maximum atomic E-state index is 11.6. The number of ether oxygens (including phenoxy) is 2. The van der Waals surface area contributed by atoms with E-state index in [4.69, 9.17) is 9.47 Å². The van der Waals surface area contributed by atoms with Crippen molar-refractivity contribution in [2.45, 2.75) is 18.9 Å².